The Morgan fingerprint density at radius 3 is 2.18 bits per heavy atom. The van der Waals surface area contributed by atoms with Gasteiger partial charge in [0.05, 0.1) is 5.54 Å². The first-order valence-electron chi connectivity index (χ1n) is 3.68. The quantitative estimate of drug-likeness (QED) is 0.521. The van der Waals surface area contributed by atoms with Crippen molar-refractivity contribution in [3.05, 3.63) is 0 Å². The minimum atomic E-state index is -0.297. The van der Waals surface area contributed by atoms with E-state index in [0.717, 1.165) is 0 Å². The third-order valence-corrected chi connectivity index (χ3v) is 1.52. The highest BCUT2D eigenvalue weighted by Gasteiger charge is 2.34. The monoisotopic (exact) mass is 155 g/mol. The number of rotatable bonds is 0. The third-order valence-electron chi connectivity index (χ3n) is 1.52. The summed E-state index contributed by atoms with van der Waals surface area (Å²) >= 11 is 0. The van der Waals surface area contributed by atoms with Gasteiger partial charge < -0.3 is 0 Å². The molecule has 1 atom stereocenters. The molecule has 0 saturated carbocycles. The molecule has 0 aliphatic carbocycles. The van der Waals surface area contributed by atoms with Crippen molar-refractivity contribution in [2.45, 2.75) is 39.3 Å². The summed E-state index contributed by atoms with van der Waals surface area (Å²) in [5.41, 5.74) is -0.245. The lowest BCUT2D eigenvalue weighted by Crippen LogP contribution is -2.41. The van der Waals surface area contributed by atoms with E-state index >= 15 is 0 Å². The van der Waals surface area contributed by atoms with Crippen molar-refractivity contribution in [1.29, 1.82) is 0 Å². The first-order chi connectivity index (χ1) is 4.93. The van der Waals surface area contributed by atoms with Crippen molar-refractivity contribution in [2.75, 3.05) is 0 Å². The average molecular weight is 155 g/mol. The molecule has 0 bridgehead atoms. The van der Waals surface area contributed by atoms with Crippen LogP contribution in [0.3, 0.4) is 0 Å². The van der Waals surface area contributed by atoms with Crippen molar-refractivity contribution in [3.63, 3.8) is 0 Å². The Labute approximate surface area is 66.3 Å². The van der Waals surface area contributed by atoms with Crippen LogP contribution in [0.4, 0.5) is 0 Å². The van der Waals surface area contributed by atoms with Gasteiger partial charge in [-0.3, -0.25) is 4.79 Å². The summed E-state index contributed by atoms with van der Waals surface area (Å²) < 4.78 is 0. The molecule has 4 nitrogen and oxygen atoms in total. The van der Waals surface area contributed by atoms with Gasteiger partial charge in [0.1, 0.15) is 0 Å². The molecule has 0 N–H and O–H groups in total. The summed E-state index contributed by atoms with van der Waals surface area (Å²) in [4.78, 5) is 11.3. The van der Waals surface area contributed by atoms with Crippen molar-refractivity contribution in [1.82, 2.24) is 5.01 Å². The van der Waals surface area contributed by atoms with Crippen LogP contribution in [-0.4, -0.2) is 22.5 Å². The van der Waals surface area contributed by atoms with Gasteiger partial charge in [0.15, 0.2) is 6.04 Å². The van der Waals surface area contributed by atoms with Crippen LogP contribution in [0.15, 0.2) is 10.3 Å². The zero-order valence-electron chi connectivity index (χ0n) is 7.33. The summed E-state index contributed by atoms with van der Waals surface area (Å²) in [5, 5.41) is 8.97. The summed E-state index contributed by atoms with van der Waals surface area (Å²) in [6.45, 7) is 7.55. The van der Waals surface area contributed by atoms with E-state index in [0.29, 0.717) is 0 Å². The number of nitrogens with zero attached hydrogens (tertiary/aromatic N) is 3. The fourth-order valence-electron chi connectivity index (χ4n) is 0.864. The molecule has 0 radical (unpaired) electrons. The van der Waals surface area contributed by atoms with Crippen LogP contribution in [0.1, 0.15) is 27.7 Å². The van der Waals surface area contributed by atoms with E-state index in [9.17, 15) is 4.79 Å². The van der Waals surface area contributed by atoms with Crippen LogP contribution in [-0.2, 0) is 4.79 Å². The Morgan fingerprint density at radius 1 is 1.45 bits per heavy atom. The maximum absolute atomic E-state index is 11.3. The van der Waals surface area contributed by atoms with E-state index in [1.165, 1.54) is 5.01 Å². The van der Waals surface area contributed by atoms with Crippen LogP contribution >= 0.6 is 0 Å². The minimum Gasteiger partial charge on any atom is -0.270 e. The van der Waals surface area contributed by atoms with Crippen molar-refractivity contribution in [2.24, 2.45) is 10.3 Å². The van der Waals surface area contributed by atoms with Gasteiger partial charge in [0.25, 0.3) is 5.91 Å². The van der Waals surface area contributed by atoms with Gasteiger partial charge in [-0.25, -0.2) is 5.01 Å². The molecule has 4 heteroatoms. The Balaban J connectivity index is 2.79. The molecule has 1 unspecified atom stereocenters. The number of amides is 1. The van der Waals surface area contributed by atoms with Crippen LogP contribution in [0.2, 0.25) is 0 Å². The molecule has 11 heavy (non-hydrogen) atoms. The normalized spacial score (nSPS) is 24.9. The number of hydrogen-bond acceptors (Lipinski definition) is 3. The highest BCUT2D eigenvalue weighted by molar-refractivity contribution is 5.82. The fourth-order valence-corrected chi connectivity index (χ4v) is 0.864. The molecule has 1 aliphatic rings. The second kappa shape index (κ2) is 2.29. The minimum absolute atomic E-state index is 0.0162. The molecule has 0 saturated heterocycles. The van der Waals surface area contributed by atoms with Gasteiger partial charge in [-0.2, -0.15) is 5.11 Å². The Kier molecular flexibility index (Phi) is 1.70. The highest BCUT2D eigenvalue weighted by atomic mass is 16.2. The number of hydrogen-bond donors (Lipinski definition) is 0. The van der Waals surface area contributed by atoms with Crippen molar-refractivity contribution < 1.29 is 4.79 Å². The van der Waals surface area contributed by atoms with Gasteiger partial charge in [0, 0.05) is 0 Å². The predicted molar refractivity (Wildman–Crippen MR) is 40.9 cm³/mol. The molecule has 0 aromatic rings. The zero-order valence-corrected chi connectivity index (χ0v) is 7.33. The van der Waals surface area contributed by atoms with E-state index in [1.807, 2.05) is 20.8 Å². The zero-order chi connectivity index (χ0) is 8.65. The molecule has 1 heterocycles. The molecule has 1 rings (SSSR count). The van der Waals surface area contributed by atoms with E-state index in [1.54, 1.807) is 6.92 Å². The molecule has 62 valence electrons. The first kappa shape index (κ1) is 8.17. The second-order valence-electron chi connectivity index (χ2n) is 3.70. The molecule has 0 spiro atoms. The maximum atomic E-state index is 11.3. The maximum Gasteiger partial charge on any atom is 0.270 e. The molecule has 1 aliphatic heterocycles. The lowest BCUT2D eigenvalue weighted by molar-refractivity contribution is -0.134. The average Bonchev–Trinajstić information content (AvgIpc) is 2.11. The molecule has 0 fully saturated rings. The smallest absolute Gasteiger partial charge is 0.270 e. The summed E-state index contributed by atoms with van der Waals surface area (Å²) in [6, 6.07) is -0.297. The SMILES string of the molecule is CC1N=NN(C(C)(C)C)C1=O. The second-order valence-corrected chi connectivity index (χ2v) is 3.70. The largest absolute Gasteiger partial charge is 0.270 e. The third kappa shape index (κ3) is 1.39. The summed E-state index contributed by atoms with van der Waals surface area (Å²) in [6.07, 6.45) is 0. The predicted octanol–water partition coefficient (Wildman–Crippen LogP) is 1.38. The van der Waals surface area contributed by atoms with E-state index in [2.05, 4.69) is 10.3 Å². The van der Waals surface area contributed by atoms with Gasteiger partial charge in [0.2, 0.25) is 0 Å². The standard InChI is InChI=1S/C7H13N3O/c1-5-6(11)10(9-8-5)7(2,3)4/h5H,1-4H3. The first-order valence-corrected chi connectivity index (χ1v) is 3.68. The Hall–Kier alpha value is -0.930. The van der Waals surface area contributed by atoms with E-state index < -0.39 is 0 Å². The topological polar surface area (TPSA) is 45.0 Å². The van der Waals surface area contributed by atoms with Crippen LogP contribution < -0.4 is 0 Å². The molecular weight excluding hydrogens is 142 g/mol. The molecule has 0 aromatic carbocycles. The van der Waals surface area contributed by atoms with Crippen LogP contribution in [0.25, 0.3) is 0 Å². The Bertz CT molecular complexity index is 204. The van der Waals surface area contributed by atoms with Crippen molar-refractivity contribution in [3.8, 4) is 0 Å². The lowest BCUT2D eigenvalue weighted by atomic mass is 10.1. The fraction of sp³-hybridized carbons (Fsp3) is 0.857. The number of carbonyl (C=O) groups excluding carboxylic acids is 1. The Morgan fingerprint density at radius 2 is 2.00 bits per heavy atom. The lowest BCUT2D eigenvalue weighted by Gasteiger charge is -2.26. The van der Waals surface area contributed by atoms with Gasteiger partial charge in [-0.05, 0) is 27.7 Å². The van der Waals surface area contributed by atoms with Gasteiger partial charge in [-0.15, -0.1) is 0 Å². The van der Waals surface area contributed by atoms with Crippen molar-refractivity contribution >= 4 is 5.91 Å². The highest BCUT2D eigenvalue weighted by Crippen LogP contribution is 2.21. The van der Waals surface area contributed by atoms with E-state index in [4.69, 9.17) is 0 Å². The molecule has 1 amide bonds. The van der Waals surface area contributed by atoms with Gasteiger partial charge in [-0.1, -0.05) is 5.22 Å². The van der Waals surface area contributed by atoms with Gasteiger partial charge >= 0.3 is 0 Å². The van der Waals surface area contributed by atoms with Crippen LogP contribution in [0, 0.1) is 0 Å². The van der Waals surface area contributed by atoms with E-state index in [-0.39, 0.29) is 17.5 Å². The summed E-state index contributed by atoms with van der Waals surface area (Å²) in [5.74, 6) is -0.0162. The number of carbonyl (C=O) groups is 1. The molecule has 0 aromatic heterocycles. The molecular formula is C7H13N3O. The summed E-state index contributed by atoms with van der Waals surface area (Å²) in [7, 11) is 0. The van der Waals surface area contributed by atoms with Crippen LogP contribution in [0.5, 0.6) is 0 Å².